The first-order chi connectivity index (χ1) is 22.1. The van der Waals surface area contributed by atoms with Crippen LogP contribution in [-0.4, -0.2) is 35.1 Å². The van der Waals surface area contributed by atoms with E-state index in [2.05, 4.69) is 52.8 Å². The van der Waals surface area contributed by atoms with E-state index in [0.29, 0.717) is 65.8 Å². The molecule has 8 rings (SSSR count). The molecule has 0 bridgehead atoms. The van der Waals surface area contributed by atoms with Gasteiger partial charge in [-0.3, -0.25) is 0 Å². The van der Waals surface area contributed by atoms with Crippen LogP contribution in [0.2, 0.25) is 0 Å². The number of hydrogen-bond acceptors (Lipinski definition) is 4. The van der Waals surface area contributed by atoms with Crippen LogP contribution in [0, 0.1) is 46.3 Å². The number of rotatable bonds is 6. The summed E-state index contributed by atoms with van der Waals surface area (Å²) in [6.07, 6.45) is 14.1. The third-order valence-electron chi connectivity index (χ3n) is 15.1. The minimum absolute atomic E-state index is 0.116. The summed E-state index contributed by atoms with van der Waals surface area (Å²) in [6, 6.07) is 12.3. The van der Waals surface area contributed by atoms with Gasteiger partial charge in [0.15, 0.2) is 0 Å². The van der Waals surface area contributed by atoms with Crippen LogP contribution >= 0.6 is 0 Å². The zero-order valence-electron chi connectivity index (χ0n) is 29.0. The van der Waals surface area contributed by atoms with E-state index in [1.807, 2.05) is 18.2 Å². The third kappa shape index (κ3) is 4.89. The van der Waals surface area contributed by atoms with E-state index in [4.69, 9.17) is 9.47 Å². The number of aromatic hydroxyl groups is 2. The van der Waals surface area contributed by atoms with Crippen molar-refractivity contribution in [3.05, 3.63) is 58.7 Å². The lowest BCUT2D eigenvalue weighted by Gasteiger charge is -2.54. The molecule has 4 fully saturated rings. The van der Waals surface area contributed by atoms with Crippen molar-refractivity contribution in [2.45, 2.75) is 135 Å². The van der Waals surface area contributed by atoms with Gasteiger partial charge >= 0.3 is 0 Å². The first-order valence-electron chi connectivity index (χ1n) is 19.0. The van der Waals surface area contributed by atoms with Crippen molar-refractivity contribution in [1.29, 1.82) is 0 Å². The molecular formula is C42H58O4. The highest BCUT2D eigenvalue weighted by atomic mass is 16.5. The van der Waals surface area contributed by atoms with Crippen LogP contribution in [0.4, 0.5) is 0 Å². The van der Waals surface area contributed by atoms with Gasteiger partial charge in [0, 0.05) is 0 Å². The molecule has 4 heteroatoms. The molecule has 2 aromatic rings. The van der Waals surface area contributed by atoms with Crippen molar-refractivity contribution in [3.8, 4) is 11.5 Å². The Kier molecular flexibility index (Phi) is 7.84. The molecule has 2 N–H and O–H groups in total. The molecule has 6 aliphatic carbocycles. The van der Waals surface area contributed by atoms with E-state index in [0.717, 1.165) is 24.7 Å². The van der Waals surface area contributed by atoms with Crippen LogP contribution in [0.3, 0.4) is 0 Å². The zero-order chi connectivity index (χ0) is 32.0. The summed E-state index contributed by atoms with van der Waals surface area (Å²) in [5.74, 6) is 6.30. The highest BCUT2D eigenvalue weighted by Gasteiger charge is 2.58. The number of benzene rings is 2. The van der Waals surface area contributed by atoms with Crippen LogP contribution in [-0.2, 0) is 22.3 Å². The van der Waals surface area contributed by atoms with E-state index in [1.165, 1.54) is 80.0 Å². The predicted octanol–water partition coefficient (Wildman–Crippen LogP) is 9.55. The number of ether oxygens (including phenoxy) is 2. The summed E-state index contributed by atoms with van der Waals surface area (Å²) in [5, 5.41) is 20.3. The second-order valence-corrected chi connectivity index (χ2v) is 17.6. The third-order valence-corrected chi connectivity index (χ3v) is 15.1. The molecule has 0 saturated heterocycles. The summed E-state index contributed by atoms with van der Waals surface area (Å²) in [6.45, 7) is 12.9. The molecule has 0 spiro atoms. The summed E-state index contributed by atoms with van der Waals surface area (Å²) in [4.78, 5) is 0. The summed E-state index contributed by atoms with van der Waals surface area (Å²) in [5.41, 5.74) is 6.29. The SMILES string of the molecule is CC(CO[C@H]1CC[C@H]2[C@H]3C(CC[C@]12C)c1ccc(O)cc1CC3C(C)C)OC1CC[C@H]2C3CCc4cc(O)ccc4C3CCC12C. The van der Waals surface area contributed by atoms with Crippen LogP contribution in [0.1, 0.15) is 126 Å². The molecule has 2 aromatic carbocycles. The normalized spacial score (nSPS) is 41.6. The van der Waals surface area contributed by atoms with Gasteiger partial charge in [0.25, 0.3) is 0 Å². The molecule has 0 aromatic heterocycles. The monoisotopic (exact) mass is 626 g/mol. The summed E-state index contributed by atoms with van der Waals surface area (Å²) in [7, 11) is 0. The predicted molar refractivity (Wildman–Crippen MR) is 183 cm³/mol. The molecule has 46 heavy (non-hydrogen) atoms. The average Bonchev–Trinajstić information content (AvgIpc) is 3.54. The largest absolute Gasteiger partial charge is 0.508 e. The fraction of sp³-hybridized carbons (Fsp3) is 0.714. The van der Waals surface area contributed by atoms with Crippen LogP contribution in [0.25, 0.3) is 0 Å². The standard InChI is InChI=1S/C42H58O4/c1-24(2)35-22-27-21-29(44)8-11-31(27)34-17-19-42(5)37(40(34)35)13-14-38(42)45-23-25(3)46-39-15-12-36-33-9-6-26-20-28(43)7-10-30(26)32(33)16-18-41(36,39)4/h7-8,10-11,20-21,24-25,32-40,43-44H,6,9,12-19,22-23H2,1-5H3/t25?,32?,33?,34?,35?,36-,37-,38-,39?,40-,41?,42-/m0/s1. The van der Waals surface area contributed by atoms with E-state index < -0.39 is 0 Å². The fourth-order valence-electron chi connectivity index (χ4n) is 12.9. The van der Waals surface area contributed by atoms with E-state index in [-0.39, 0.29) is 16.9 Å². The maximum absolute atomic E-state index is 10.3. The van der Waals surface area contributed by atoms with Crippen LogP contribution < -0.4 is 0 Å². The Balaban J connectivity index is 0.917. The maximum atomic E-state index is 10.3. The second-order valence-electron chi connectivity index (χ2n) is 17.6. The van der Waals surface area contributed by atoms with Crippen molar-refractivity contribution < 1.29 is 19.7 Å². The number of hydrogen-bond donors (Lipinski definition) is 2. The van der Waals surface area contributed by atoms with Gasteiger partial charge in [0.2, 0.25) is 0 Å². The Hall–Kier alpha value is -2.04. The Morgan fingerprint density at radius 2 is 1.37 bits per heavy atom. The maximum Gasteiger partial charge on any atom is 0.115 e. The number of phenolic OH excluding ortho intramolecular Hbond substituents is 2. The van der Waals surface area contributed by atoms with Crippen LogP contribution in [0.15, 0.2) is 36.4 Å². The van der Waals surface area contributed by atoms with Crippen molar-refractivity contribution in [2.24, 2.45) is 46.3 Å². The summed E-state index contributed by atoms with van der Waals surface area (Å²) >= 11 is 0. The molecule has 250 valence electrons. The van der Waals surface area contributed by atoms with Crippen molar-refractivity contribution in [1.82, 2.24) is 0 Å². The fourth-order valence-corrected chi connectivity index (χ4v) is 12.9. The molecule has 0 amide bonds. The first-order valence-corrected chi connectivity index (χ1v) is 19.0. The second kappa shape index (κ2) is 11.5. The van der Waals surface area contributed by atoms with Gasteiger partial charge in [0.05, 0.1) is 24.9 Å². The van der Waals surface area contributed by atoms with Gasteiger partial charge in [-0.05, 0) is 182 Å². The lowest BCUT2D eigenvalue weighted by atomic mass is 9.51. The average molecular weight is 627 g/mol. The quantitative estimate of drug-likeness (QED) is 0.335. The lowest BCUT2D eigenvalue weighted by Crippen LogP contribution is -2.49. The molecule has 6 aliphatic rings. The molecule has 7 unspecified atom stereocenters. The zero-order valence-corrected chi connectivity index (χ0v) is 29.0. The van der Waals surface area contributed by atoms with Gasteiger partial charge < -0.3 is 19.7 Å². The van der Waals surface area contributed by atoms with Gasteiger partial charge in [-0.1, -0.05) is 39.8 Å². The Labute approximate surface area is 277 Å². The smallest absolute Gasteiger partial charge is 0.115 e. The molecule has 4 saturated carbocycles. The molecule has 0 radical (unpaired) electrons. The minimum Gasteiger partial charge on any atom is -0.508 e. The van der Waals surface area contributed by atoms with Gasteiger partial charge in [0.1, 0.15) is 11.5 Å². The lowest BCUT2D eigenvalue weighted by molar-refractivity contribution is -0.136. The highest BCUT2D eigenvalue weighted by molar-refractivity contribution is 5.42. The molecular weight excluding hydrogens is 568 g/mol. The first kappa shape index (κ1) is 31.2. The molecule has 0 heterocycles. The van der Waals surface area contributed by atoms with E-state index >= 15 is 0 Å². The Bertz CT molecular complexity index is 1450. The van der Waals surface area contributed by atoms with E-state index in [9.17, 15) is 10.2 Å². The van der Waals surface area contributed by atoms with E-state index in [1.54, 1.807) is 0 Å². The van der Waals surface area contributed by atoms with Crippen molar-refractivity contribution in [2.75, 3.05) is 6.61 Å². The number of phenols is 2. The van der Waals surface area contributed by atoms with Gasteiger partial charge in [-0.2, -0.15) is 0 Å². The Morgan fingerprint density at radius 1 is 0.739 bits per heavy atom. The minimum atomic E-state index is 0.116. The number of fused-ring (bicyclic) bond motifs is 10. The molecule has 0 aliphatic heterocycles. The van der Waals surface area contributed by atoms with Gasteiger partial charge in [-0.25, -0.2) is 0 Å². The van der Waals surface area contributed by atoms with Crippen molar-refractivity contribution in [3.63, 3.8) is 0 Å². The topological polar surface area (TPSA) is 58.9 Å². The highest BCUT2D eigenvalue weighted by Crippen LogP contribution is 2.64. The molecule has 4 nitrogen and oxygen atoms in total. The Morgan fingerprint density at radius 3 is 2.11 bits per heavy atom. The molecule has 12 atom stereocenters. The number of aryl methyl sites for hydroxylation is 1. The summed E-state index contributed by atoms with van der Waals surface area (Å²) < 4.78 is 13.9. The van der Waals surface area contributed by atoms with Gasteiger partial charge in [-0.15, -0.1) is 0 Å². The van der Waals surface area contributed by atoms with Crippen LogP contribution in [0.5, 0.6) is 11.5 Å². The van der Waals surface area contributed by atoms with Crippen molar-refractivity contribution >= 4 is 0 Å².